The molecule has 0 aliphatic carbocycles. The van der Waals surface area contributed by atoms with Gasteiger partial charge >= 0.3 is 0 Å². The van der Waals surface area contributed by atoms with E-state index in [4.69, 9.17) is 0 Å². The molecule has 19 heavy (non-hydrogen) atoms. The third-order valence-electron chi connectivity index (χ3n) is 4.06. The minimum Gasteiger partial charge on any atom is -0.317 e. The molecule has 1 unspecified atom stereocenters. The number of hydrogen-bond acceptors (Lipinski definition) is 3. The standard InChI is InChI=1S/C15H18N2O2/c18-14-10-13(11-4-2-1-3-5-11)15(19)17(14)12-6-8-16-9-7-12/h1-5,12-13,16H,6-10H2. The van der Waals surface area contributed by atoms with Crippen molar-refractivity contribution in [3.63, 3.8) is 0 Å². The van der Waals surface area contributed by atoms with Gasteiger partial charge in [-0.15, -0.1) is 0 Å². The van der Waals surface area contributed by atoms with Crippen LogP contribution in [0.2, 0.25) is 0 Å². The van der Waals surface area contributed by atoms with Crippen molar-refractivity contribution < 1.29 is 9.59 Å². The lowest BCUT2D eigenvalue weighted by Crippen LogP contribution is -2.46. The third kappa shape index (κ3) is 2.28. The second-order valence-electron chi connectivity index (χ2n) is 5.25. The highest BCUT2D eigenvalue weighted by Gasteiger charge is 2.42. The van der Waals surface area contributed by atoms with Gasteiger partial charge < -0.3 is 5.32 Å². The van der Waals surface area contributed by atoms with Gasteiger partial charge in [-0.05, 0) is 31.5 Å². The molecule has 2 heterocycles. The Morgan fingerprint density at radius 3 is 2.42 bits per heavy atom. The predicted octanol–water partition coefficient (Wildman–Crippen LogP) is 1.28. The lowest BCUT2D eigenvalue weighted by atomic mass is 9.97. The average Bonchev–Trinajstić information content (AvgIpc) is 2.76. The smallest absolute Gasteiger partial charge is 0.237 e. The van der Waals surface area contributed by atoms with Crippen LogP contribution in [0.5, 0.6) is 0 Å². The molecule has 1 aromatic rings. The molecule has 1 atom stereocenters. The first kappa shape index (κ1) is 12.4. The fraction of sp³-hybridized carbons (Fsp3) is 0.467. The number of hydrogen-bond donors (Lipinski definition) is 1. The van der Waals surface area contributed by atoms with Gasteiger partial charge in [0.1, 0.15) is 0 Å². The fourth-order valence-electron chi connectivity index (χ4n) is 3.05. The van der Waals surface area contributed by atoms with Crippen LogP contribution in [-0.2, 0) is 9.59 Å². The molecule has 4 nitrogen and oxygen atoms in total. The van der Waals surface area contributed by atoms with E-state index in [1.54, 1.807) is 0 Å². The van der Waals surface area contributed by atoms with E-state index in [9.17, 15) is 9.59 Å². The van der Waals surface area contributed by atoms with Crippen molar-refractivity contribution in [3.8, 4) is 0 Å². The SMILES string of the molecule is O=C1CC(c2ccccc2)C(=O)N1C1CCNCC1. The summed E-state index contributed by atoms with van der Waals surface area (Å²) in [6.07, 6.45) is 2.07. The molecule has 0 spiro atoms. The topological polar surface area (TPSA) is 49.4 Å². The molecular formula is C15H18N2O2. The van der Waals surface area contributed by atoms with E-state index in [2.05, 4.69) is 5.32 Å². The summed E-state index contributed by atoms with van der Waals surface area (Å²) in [5, 5.41) is 3.26. The Kier molecular flexibility index (Phi) is 3.34. The number of rotatable bonds is 2. The summed E-state index contributed by atoms with van der Waals surface area (Å²) in [6.45, 7) is 1.77. The molecule has 2 aliphatic heterocycles. The number of nitrogens with zero attached hydrogens (tertiary/aromatic N) is 1. The summed E-state index contributed by atoms with van der Waals surface area (Å²) in [5.41, 5.74) is 0.956. The highest BCUT2D eigenvalue weighted by molar-refractivity contribution is 6.06. The largest absolute Gasteiger partial charge is 0.317 e. The van der Waals surface area contributed by atoms with Crippen molar-refractivity contribution in [1.29, 1.82) is 0 Å². The normalized spacial score (nSPS) is 25.1. The molecule has 2 saturated heterocycles. The highest BCUT2D eigenvalue weighted by Crippen LogP contribution is 2.32. The zero-order chi connectivity index (χ0) is 13.2. The van der Waals surface area contributed by atoms with Crippen molar-refractivity contribution in [1.82, 2.24) is 10.2 Å². The van der Waals surface area contributed by atoms with Gasteiger partial charge in [-0.25, -0.2) is 0 Å². The quantitative estimate of drug-likeness (QED) is 0.813. The number of benzene rings is 1. The molecule has 2 amide bonds. The first-order valence-corrected chi connectivity index (χ1v) is 6.89. The van der Waals surface area contributed by atoms with Crippen LogP contribution >= 0.6 is 0 Å². The average molecular weight is 258 g/mol. The number of piperidine rings is 1. The van der Waals surface area contributed by atoms with E-state index in [-0.39, 0.29) is 23.8 Å². The molecule has 1 N–H and O–H groups in total. The van der Waals surface area contributed by atoms with E-state index >= 15 is 0 Å². The van der Waals surface area contributed by atoms with Crippen LogP contribution < -0.4 is 5.32 Å². The van der Waals surface area contributed by atoms with Gasteiger partial charge in [-0.1, -0.05) is 30.3 Å². The molecule has 2 fully saturated rings. The maximum atomic E-state index is 12.5. The van der Waals surface area contributed by atoms with Crippen LogP contribution in [0.1, 0.15) is 30.7 Å². The van der Waals surface area contributed by atoms with Crippen molar-refractivity contribution in [2.75, 3.05) is 13.1 Å². The molecule has 3 rings (SSSR count). The second kappa shape index (κ2) is 5.13. The molecule has 0 aromatic heterocycles. The zero-order valence-electron chi connectivity index (χ0n) is 10.8. The van der Waals surface area contributed by atoms with E-state index in [1.807, 2.05) is 30.3 Å². The lowest BCUT2D eigenvalue weighted by Gasteiger charge is -2.30. The summed E-state index contributed by atoms with van der Waals surface area (Å²) in [7, 11) is 0. The monoisotopic (exact) mass is 258 g/mol. The minimum absolute atomic E-state index is 0.00856. The molecule has 0 radical (unpaired) electrons. The number of amides is 2. The number of carbonyl (C=O) groups excluding carboxylic acids is 2. The summed E-state index contributed by atoms with van der Waals surface area (Å²) in [6, 6.07) is 9.72. The van der Waals surface area contributed by atoms with Crippen molar-refractivity contribution in [2.45, 2.75) is 31.2 Å². The number of likely N-dealkylation sites (tertiary alicyclic amines) is 1. The molecule has 2 aliphatic rings. The minimum atomic E-state index is -0.274. The van der Waals surface area contributed by atoms with Crippen LogP contribution in [-0.4, -0.2) is 35.8 Å². The Balaban J connectivity index is 1.81. The van der Waals surface area contributed by atoms with Crippen molar-refractivity contribution in [3.05, 3.63) is 35.9 Å². The van der Waals surface area contributed by atoms with E-state index in [0.717, 1.165) is 31.5 Å². The van der Waals surface area contributed by atoms with Crippen LogP contribution in [0.25, 0.3) is 0 Å². The fourth-order valence-corrected chi connectivity index (χ4v) is 3.05. The van der Waals surface area contributed by atoms with Gasteiger partial charge in [0.2, 0.25) is 11.8 Å². The molecular weight excluding hydrogens is 240 g/mol. The van der Waals surface area contributed by atoms with Crippen LogP contribution in [0.3, 0.4) is 0 Å². The third-order valence-corrected chi connectivity index (χ3v) is 4.06. The Bertz CT molecular complexity index is 480. The first-order chi connectivity index (χ1) is 9.27. The van der Waals surface area contributed by atoms with Crippen LogP contribution in [0.15, 0.2) is 30.3 Å². The van der Waals surface area contributed by atoms with Gasteiger partial charge in [0.05, 0.1) is 5.92 Å². The first-order valence-electron chi connectivity index (χ1n) is 6.89. The van der Waals surface area contributed by atoms with Crippen molar-refractivity contribution in [2.24, 2.45) is 0 Å². The Morgan fingerprint density at radius 1 is 1.05 bits per heavy atom. The predicted molar refractivity (Wildman–Crippen MR) is 71.5 cm³/mol. The van der Waals surface area contributed by atoms with Gasteiger partial charge in [0.15, 0.2) is 0 Å². The van der Waals surface area contributed by atoms with Gasteiger partial charge in [0.25, 0.3) is 0 Å². The summed E-state index contributed by atoms with van der Waals surface area (Å²) < 4.78 is 0. The lowest BCUT2D eigenvalue weighted by molar-refractivity contribution is -0.142. The van der Waals surface area contributed by atoms with Gasteiger partial charge in [0, 0.05) is 12.5 Å². The molecule has 0 saturated carbocycles. The Labute approximate surface area is 112 Å². The second-order valence-corrected chi connectivity index (χ2v) is 5.25. The van der Waals surface area contributed by atoms with Crippen molar-refractivity contribution >= 4 is 11.8 Å². The molecule has 100 valence electrons. The van der Waals surface area contributed by atoms with E-state index < -0.39 is 0 Å². The summed E-state index contributed by atoms with van der Waals surface area (Å²) in [4.78, 5) is 26.2. The molecule has 1 aromatic carbocycles. The number of nitrogens with one attached hydrogen (secondary N) is 1. The summed E-state index contributed by atoms with van der Waals surface area (Å²) >= 11 is 0. The Hall–Kier alpha value is -1.68. The number of imide groups is 1. The highest BCUT2D eigenvalue weighted by atomic mass is 16.2. The maximum Gasteiger partial charge on any atom is 0.237 e. The Morgan fingerprint density at radius 2 is 1.74 bits per heavy atom. The summed E-state index contributed by atoms with van der Waals surface area (Å²) in [5.74, 6) is -0.294. The maximum absolute atomic E-state index is 12.5. The van der Waals surface area contributed by atoms with E-state index in [1.165, 1.54) is 4.90 Å². The molecule has 0 bridgehead atoms. The van der Waals surface area contributed by atoms with Gasteiger partial charge in [-0.3, -0.25) is 14.5 Å². The van der Waals surface area contributed by atoms with Gasteiger partial charge in [-0.2, -0.15) is 0 Å². The molecule has 4 heteroatoms. The van der Waals surface area contributed by atoms with Crippen LogP contribution in [0, 0.1) is 0 Å². The van der Waals surface area contributed by atoms with Crippen LogP contribution in [0.4, 0.5) is 0 Å². The zero-order valence-corrected chi connectivity index (χ0v) is 10.8. The number of carbonyl (C=O) groups is 2. The van der Waals surface area contributed by atoms with E-state index in [0.29, 0.717) is 6.42 Å².